The van der Waals surface area contributed by atoms with Gasteiger partial charge in [-0.05, 0) is 70.6 Å². The van der Waals surface area contributed by atoms with Gasteiger partial charge in [0.1, 0.15) is 13.2 Å². The molecule has 0 saturated heterocycles. The molecule has 3 N–H and O–H groups in total. The van der Waals surface area contributed by atoms with Crippen LogP contribution < -0.4 is 5.32 Å². The zero-order valence-corrected chi connectivity index (χ0v) is 53.3. The largest absolute Gasteiger partial charge is 0.472 e. The van der Waals surface area contributed by atoms with Crippen molar-refractivity contribution >= 4 is 13.7 Å². The summed E-state index contributed by atoms with van der Waals surface area (Å²) in [6, 6.07) is -0.870. The molecule has 0 aliphatic heterocycles. The maximum Gasteiger partial charge on any atom is 0.472 e. The molecule has 0 bridgehead atoms. The number of carbonyl (C=O) groups is 1. The van der Waals surface area contributed by atoms with Crippen molar-refractivity contribution in [2.75, 3.05) is 40.9 Å². The molecule has 0 rings (SSSR count). The minimum atomic E-state index is -4.36. The first-order valence-electron chi connectivity index (χ1n) is 33.7. The molecule has 0 fully saturated rings. The molecule has 1 amide bonds. The van der Waals surface area contributed by atoms with Crippen LogP contribution in [0.4, 0.5) is 0 Å². The number of phosphoric acid groups is 1. The van der Waals surface area contributed by atoms with E-state index in [1.165, 1.54) is 250 Å². The number of hydrogen-bond donors (Lipinski definition) is 3. The van der Waals surface area contributed by atoms with E-state index in [9.17, 15) is 19.4 Å². The molecule has 0 aliphatic carbocycles. The van der Waals surface area contributed by atoms with Gasteiger partial charge in [-0.3, -0.25) is 13.8 Å². The maximum atomic E-state index is 13.0. The average Bonchev–Trinajstić information content (AvgIpc) is 3.41. The van der Waals surface area contributed by atoms with E-state index in [2.05, 4.69) is 67.8 Å². The van der Waals surface area contributed by atoms with Crippen molar-refractivity contribution in [2.24, 2.45) is 0 Å². The number of hydrogen-bond acceptors (Lipinski definition) is 5. The third-order valence-electron chi connectivity index (χ3n) is 15.2. The molecule has 0 saturated carbocycles. The Labute approximate surface area is 485 Å². The standard InChI is InChI=1S/C69H131N2O6P/c1-6-8-10-12-14-16-18-20-22-24-26-28-30-32-33-34-35-36-37-39-40-42-44-46-48-50-52-54-56-58-60-62-68(72)67(66-77-78(74,75)76-65-64-71(3,4)5)70-69(73)63-61-59-57-55-53-51-49-47-45-43-41-38-31-29-27-25-23-21-19-17-15-13-11-9-7-2/h19,21,25,27,31,38,52,54,60,62,67-68,72H,6-18,20,22-24,26,28-30,32-37,39-51,53,55-59,61,63-66H2,1-5H3,(H-,70,73,74,75)/p+1/b21-19-,27-25-,38-31-,54-52+,62-60+. The lowest BCUT2D eigenvalue weighted by atomic mass is 10.0. The molecule has 0 radical (unpaired) electrons. The van der Waals surface area contributed by atoms with Crippen LogP contribution in [0.3, 0.4) is 0 Å². The Kier molecular flexibility index (Phi) is 58.4. The van der Waals surface area contributed by atoms with Crippen LogP contribution in [0.2, 0.25) is 0 Å². The predicted molar refractivity (Wildman–Crippen MR) is 341 cm³/mol. The van der Waals surface area contributed by atoms with Gasteiger partial charge in [-0.2, -0.15) is 0 Å². The van der Waals surface area contributed by atoms with E-state index in [0.29, 0.717) is 17.4 Å². The highest BCUT2D eigenvalue weighted by Crippen LogP contribution is 2.43. The Morgan fingerprint density at radius 3 is 1.12 bits per heavy atom. The Morgan fingerprint density at radius 1 is 0.436 bits per heavy atom. The first-order valence-corrected chi connectivity index (χ1v) is 35.2. The summed E-state index contributed by atoms with van der Waals surface area (Å²) in [4.78, 5) is 23.4. The summed E-state index contributed by atoms with van der Waals surface area (Å²) >= 11 is 0. The summed E-state index contributed by atoms with van der Waals surface area (Å²) in [6.07, 6.45) is 82.2. The SMILES string of the molecule is CCCCCCC/C=C\C/C=C\C/C=C\CCCCCCCCCCCCC(=O)NC(COP(=O)(O)OCC[N+](C)(C)C)C(O)/C=C/CC/C=C/CCCCCCCCCCCCCCCCCCCCCCCCCCC. The number of nitrogens with one attached hydrogen (secondary N) is 1. The number of amides is 1. The number of aliphatic hydroxyl groups excluding tert-OH is 1. The van der Waals surface area contributed by atoms with Crippen molar-refractivity contribution in [3.63, 3.8) is 0 Å². The van der Waals surface area contributed by atoms with Crippen molar-refractivity contribution in [3.8, 4) is 0 Å². The number of phosphoric ester groups is 1. The van der Waals surface area contributed by atoms with Crippen LogP contribution in [-0.4, -0.2) is 73.4 Å². The zero-order valence-electron chi connectivity index (χ0n) is 52.4. The monoisotopic (exact) mass is 1120 g/mol. The second-order valence-electron chi connectivity index (χ2n) is 24.2. The lowest BCUT2D eigenvalue weighted by molar-refractivity contribution is -0.870. The molecule has 8 nitrogen and oxygen atoms in total. The van der Waals surface area contributed by atoms with Gasteiger partial charge in [0, 0.05) is 6.42 Å². The molecular formula is C69H132N2O6P+. The van der Waals surface area contributed by atoms with E-state index in [1.807, 2.05) is 27.2 Å². The first kappa shape index (κ1) is 76.2. The maximum absolute atomic E-state index is 13.0. The minimum absolute atomic E-state index is 0.0539. The molecular weight excluding hydrogens is 984 g/mol. The van der Waals surface area contributed by atoms with Gasteiger partial charge in [-0.1, -0.05) is 306 Å². The summed E-state index contributed by atoms with van der Waals surface area (Å²) in [5.41, 5.74) is 0. The second kappa shape index (κ2) is 59.8. The van der Waals surface area contributed by atoms with E-state index in [1.54, 1.807) is 6.08 Å². The third kappa shape index (κ3) is 61.8. The molecule has 0 aromatic heterocycles. The smallest absolute Gasteiger partial charge is 0.387 e. The molecule has 0 aromatic carbocycles. The number of likely N-dealkylation sites (N-methyl/N-ethyl adjacent to an activating group) is 1. The molecule has 3 unspecified atom stereocenters. The summed E-state index contributed by atoms with van der Waals surface area (Å²) in [6.45, 7) is 4.82. The minimum Gasteiger partial charge on any atom is -0.387 e. The molecule has 458 valence electrons. The topological polar surface area (TPSA) is 105 Å². The fraction of sp³-hybridized carbons (Fsp3) is 0.841. The Morgan fingerprint density at radius 2 is 0.744 bits per heavy atom. The zero-order chi connectivity index (χ0) is 57.0. The van der Waals surface area contributed by atoms with Crippen molar-refractivity contribution in [2.45, 2.75) is 334 Å². The number of quaternary nitrogens is 1. The summed E-state index contributed by atoms with van der Waals surface area (Å²) in [5, 5.41) is 14.0. The highest BCUT2D eigenvalue weighted by Gasteiger charge is 2.28. The van der Waals surface area contributed by atoms with Crippen molar-refractivity contribution in [1.29, 1.82) is 0 Å². The van der Waals surface area contributed by atoms with Gasteiger partial charge < -0.3 is 19.8 Å². The van der Waals surface area contributed by atoms with Crippen molar-refractivity contribution in [3.05, 3.63) is 60.8 Å². The van der Waals surface area contributed by atoms with Crippen molar-refractivity contribution in [1.82, 2.24) is 5.32 Å². The van der Waals surface area contributed by atoms with Crippen LogP contribution in [0.5, 0.6) is 0 Å². The van der Waals surface area contributed by atoms with Gasteiger partial charge in [-0.15, -0.1) is 0 Å². The average molecular weight is 1120 g/mol. The highest BCUT2D eigenvalue weighted by atomic mass is 31.2. The number of allylic oxidation sites excluding steroid dienone is 9. The summed E-state index contributed by atoms with van der Waals surface area (Å²) in [7, 11) is 1.56. The lowest BCUT2D eigenvalue weighted by Gasteiger charge is -2.25. The van der Waals surface area contributed by atoms with Gasteiger partial charge in [0.25, 0.3) is 0 Å². The van der Waals surface area contributed by atoms with E-state index >= 15 is 0 Å². The molecule has 9 heteroatoms. The van der Waals surface area contributed by atoms with Gasteiger partial charge in [0.2, 0.25) is 5.91 Å². The fourth-order valence-electron chi connectivity index (χ4n) is 9.95. The number of carbonyl (C=O) groups excluding carboxylic acids is 1. The molecule has 3 atom stereocenters. The second-order valence-corrected chi connectivity index (χ2v) is 25.6. The molecule has 78 heavy (non-hydrogen) atoms. The fourth-order valence-corrected chi connectivity index (χ4v) is 10.7. The van der Waals surface area contributed by atoms with Crippen molar-refractivity contribution < 1.29 is 32.9 Å². The number of aliphatic hydroxyl groups is 1. The summed E-state index contributed by atoms with van der Waals surface area (Å²) < 4.78 is 23.8. The number of rotatable bonds is 62. The highest BCUT2D eigenvalue weighted by molar-refractivity contribution is 7.47. The number of unbranched alkanes of at least 4 members (excludes halogenated alkanes) is 41. The van der Waals surface area contributed by atoms with Gasteiger partial charge >= 0.3 is 7.82 Å². The van der Waals surface area contributed by atoms with E-state index in [0.717, 1.165) is 51.4 Å². The molecule has 0 aliphatic rings. The van der Waals surface area contributed by atoms with Gasteiger partial charge in [-0.25, -0.2) is 4.57 Å². The third-order valence-corrected chi connectivity index (χ3v) is 16.2. The van der Waals surface area contributed by atoms with E-state index in [4.69, 9.17) is 9.05 Å². The van der Waals surface area contributed by atoms with Crippen LogP contribution >= 0.6 is 7.82 Å². The van der Waals surface area contributed by atoms with Crippen LogP contribution in [0.15, 0.2) is 60.8 Å². The van der Waals surface area contributed by atoms with E-state index in [-0.39, 0.29) is 19.1 Å². The predicted octanol–water partition coefficient (Wildman–Crippen LogP) is 21.2. The molecule has 0 aromatic rings. The normalized spacial score (nSPS) is 14.1. The van der Waals surface area contributed by atoms with Crippen LogP contribution in [0, 0.1) is 0 Å². The van der Waals surface area contributed by atoms with Gasteiger partial charge in [0.15, 0.2) is 0 Å². The molecule has 0 spiro atoms. The van der Waals surface area contributed by atoms with Crippen LogP contribution in [-0.2, 0) is 18.4 Å². The summed E-state index contributed by atoms with van der Waals surface area (Å²) in [5.74, 6) is -0.189. The quantitative estimate of drug-likeness (QED) is 0.0243. The number of nitrogens with zero attached hydrogens (tertiary/aromatic N) is 1. The lowest BCUT2D eigenvalue weighted by Crippen LogP contribution is -2.45. The van der Waals surface area contributed by atoms with E-state index < -0.39 is 20.0 Å². The first-order chi connectivity index (χ1) is 38.0. The van der Waals surface area contributed by atoms with Gasteiger partial charge in [0.05, 0.1) is 39.9 Å². The Balaban J connectivity index is 4.14. The molecule has 0 heterocycles. The van der Waals surface area contributed by atoms with Crippen LogP contribution in [0.1, 0.15) is 322 Å². The Bertz CT molecular complexity index is 1450. The van der Waals surface area contributed by atoms with Crippen LogP contribution in [0.25, 0.3) is 0 Å². The Hall–Kier alpha value is -1.80.